The number of likely N-dealkylation sites (tertiary alicyclic amines) is 1. The molecule has 1 N–H and O–H groups in total. The molecule has 2 aliphatic rings. The highest BCUT2D eigenvalue weighted by atomic mass is 16.5. The number of carbonyl (C=O) groups is 2. The quantitative estimate of drug-likeness (QED) is 0.843. The average molecular weight is 361 g/mol. The Kier molecular flexibility index (Phi) is 5.69. The lowest BCUT2D eigenvalue weighted by Gasteiger charge is -2.42. The fourth-order valence-electron chi connectivity index (χ4n) is 4.04. The minimum Gasteiger partial charge on any atom is -0.497 e. The lowest BCUT2D eigenvalue weighted by molar-refractivity contribution is -0.148. The Morgan fingerprint density at radius 1 is 1.00 bits per heavy atom. The Labute approximate surface area is 154 Å². The first-order chi connectivity index (χ1) is 12.5. The first-order valence-corrected chi connectivity index (χ1v) is 9.23. The van der Waals surface area contributed by atoms with Crippen LogP contribution in [0.2, 0.25) is 0 Å². The van der Waals surface area contributed by atoms with E-state index in [-0.39, 0.29) is 17.7 Å². The zero-order valence-corrected chi connectivity index (χ0v) is 15.4. The molecule has 142 valence electrons. The number of carbonyl (C=O) groups excluding carboxylic acids is 1. The van der Waals surface area contributed by atoms with Gasteiger partial charge >= 0.3 is 5.97 Å². The fourth-order valence-corrected chi connectivity index (χ4v) is 4.04. The molecular formula is C20H27NO5. The number of aliphatic carboxylic acids is 1. The molecule has 0 spiro atoms. The summed E-state index contributed by atoms with van der Waals surface area (Å²) in [5, 5.41) is 9.07. The van der Waals surface area contributed by atoms with E-state index in [9.17, 15) is 9.59 Å². The second kappa shape index (κ2) is 7.98. The van der Waals surface area contributed by atoms with Gasteiger partial charge in [-0.15, -0.1) is 0 Å². The molecule has 26 heavy (non-hydrogen) atoms. The van der Waals surface area contributed by atoms with Gasteiger partial charge in [-0.3, -0.25) is 9.59 Å². The van der Waals surface area contributed by atoms with Crippen molar-refractivity contribution in [2.24, 2.45) is 17.8 Å². The summed E-state index contributed by atoms with van der Waals surface area (Å²) in [6, 6.07) is 5.88. The number of hydrogen-bond acceptors (Lipinski definition) is 4. The minimum absolute atomic E-state index is 0.00321. The van der Waals surface area contributed by atoms with Crippen LogP contribution in [0.3, 0.4) is 0 Å². The van der Waals surface area contributed by atoms with Gasteiger partial charge in [-0.25, -0.2) is 0 Å². The van der Waals surface area contributed by atoms with Gasteiger partial charge in [-0.2, -0.15) is 0 Å². The van der Waals surface area contributed by atoms with Crippen molar-refractivity contribution in [3.8, 4) is 11.5 Å². The van der Waals surface area contributed by atoms with Gasteiger partial charge in [0.25, 0.3) is 0 Å². The first-order valence-electron chi connectivity index (χ1n) is 9.23. The van der Waals surface area contributed by atoms with Crippen molar-refractivity contribution >= 4 is 11.9 Å². The molecule has 0 bridgehead atoms. The zero-order chi connectivity index (χ0) is 18.7. The molecule has 1 amide bonds. The van der Waals surface area contributed by atoms with E-state index < -0.39 is 5.97 Å². The van der Waals surface area contributed by atoms with E-state index in [4.69, 9.17) is 14.6 Å². The molecule has 1 aromatic rings. The maximum absolute atomic E-state index is 12.6. The molecule has 3 rings (SSSR count). The summed E-state index contributed by atoms with van der Waals surface area (Å²) in [6.07, 6.45) is 3.52. The number of carboxylic acid groups (broad SMARTS) is 1. The van der Waals surface area contributed by atoms with E-state index in [0.29, 0.717) is 31.6 Å². The molecule has 0 atom stereocenters. The van der Waals surface area contributed by atoms with Crippen LogP contribution < -0.4 is 9.47 Å². The number of benzene rings is 1. The smallest absolute Gasteiger partial charge is 0.306 e. The van der Waals surface area contributed by atoms with Crippen LogP contribution in [0, 0.1) is 17.8 Å². The molecule has 1 aromatic carbocycles. The number of ether oxygens (including phenoxy) is 2. The fraction of sp³-hybridized carbons (Fsp3) is 0.600. The maximum atomic E-state index is 12.6. The van der Waals surface area contributed by atoms with Crippen LogP contribution in [0.4, 0.5) is 0 Å². The summed E-state index contributed by atoms with van der Waals surface area (Å²) in [7, 11) is 3.28. The summed E-state index contributed by atoms with van der Waals surface area (Å²) >= 11 is 0. The first kappa shape index (κ1) is 18.5. The van der Waals surface area contributed by atoms with Crippen molar-refractivity contribution < 1.29 is 24.2 Å². The molecule has 0 aromatic heterocycles. The third-order valence-corrected chi connectivity index (χ3v) is 5.63. The van der Waals surface area contributed by atoms with Gasteiger partial charge in [0.2, 0.25) is 5.91 Å². The molecule has 0 radical (unpaired) electrons. The summed E-state index contributed by atoms with van der Waals surface area (Å²) in [6.45, 7) is 1.55. The van der Waals surface area contributed by atoms with E-state index in [1.165, 1.54) is 0 Å². The van der Waals surface area contributed by atoms with Gasteiger partial charge < -0.3 is 19.5 Å². The predicted molar refractivity (Wildman–Crippen MR) is 96.4 cm³/mol. The second-order valence-electron chi connectivity index (χ2n) is 7.42. The Hall–Kier alpha value is -2.24. The lowest BCUT2D eigenvalue weighted by Crippen LogP contribution is -2.53. The Morgan fingerprint density at radius 3 is 2.04 bits per heavy atom. The molecular weight excluding hydrogens is 334 g/mol. The summed E-state index contributed by atoms with van der Waals surface area (Å²) < 4.78 is 10.6. The molecule has 1 aliphatic heterocycles. The van der Waals surface area contributed by atoms with Gasteiger partial charge in [0.05, 0.1) is 20.1 Å². The van der Waals surface area contributed by atoms with Crippen molar-refractivity contribution in [3.63, 3.8) is 0 Å². The van der Waals surface area contributed by atoms with Crippen molar-refractivity contribution in [1.29, 1.82) is 0 Å². The van der Waals surface area contributed by atoms with E-state index >= 15 is 0 Å². The standard InChI is InChI=1S/C20H27NO5/c1-25-17-8-13(9-18(10-17)26-2)7-14-11-21(12-14)19(22)15-3-5-16(6-4-15)20(23)24/h8-10,14-16H,3-7,11-12H2,1-2H3,(H,23,24). The number of amides is 1. The highest BCUT2D eigenvalue weighted by molar-refractivity contribution is 5.80. The third-order valence-electron chi connectivity index (χ3n) is 5.63. The molecule has 0 unspecified atom stereocenters. The number of hydrogen-bond donors (Lipinski definition) is 1. The lowest BCUT2D eigenvalue weighted by atomic mass is 9.80. The molecule has 1 heterocycles. The third kappa shape index (κ3) is 4.11. The molecule has 2 fully saturated rings. The van der Waals surface area contributed by atoms with Crippen LogP contribution in [-0.2, 0) is 16.0 Å². The molecule has 6 nitrogen and oxygen atoms in total. The average Bonchev–Trinajstić information content (AvgIpc) is 2.63. The minimum atomic E-state index is -0.728. The van der Waals surface area contributed by atoms with Crippen molar-refractivity contribution in [2.45, 2.75) is 32.1 Å². The molecule has 1 saturated heterocycles. The number of carboxylic acids is 1. The monoisotopic (exact) mass is 361 g/mol. The van der Waals surface area contributed by atoms with Crippen molar-refractivity contribution in [1.82, 2.24) is 4.90 Å². The van der Waals surface area contributed by atoms with E-state index in [1.54, 1.807) is 14.2 Å². The van der Waals surface area contributed by atoms with E-state index in [2.05, 4.69) is 0 Å². The number of methoxy groups -OCH3 is 2. The highest BCUT2D eigenvalue weighted by Gasteiger charge is 2.37. The predicted octanol–water partition coefficient (Wildman–Crippen LogP) is 2.60. The van der Waals surface area contributed by atoms with E-state index in [0.717, 1.165) is 36.6 Å². The largest absolute Gasteiger partial charge is 0.497 e. The topological polar surface area (TPSA) is 76.1 Å². The normalized spacial score (nSPS) is 23.2. The SMILES string of the molecule is COc1cc(CC2CN(C(=O)C3CCC(C(=O)O)CC3)C2)cc(OC)c1. The van der Waals surface area contributed by atoms with Crippen LogP contribution in [0.25, 0.3) is 0 Å². The Morgan fingerprint density at radius 2 is 1.54 bits per heavy atom. The molecule has 1 aliphatic carbocycles. The summed E-state index contributed by atoms with van der Waals surface area (Å²) in [5.41, 5.74) is 1.15. The zero-order valence-electron chi connectivity index (χ0n) is 15.4. The van der Waals surface area contributed by atoms with Crippen molar-refractivity contribution in [3.05, 3.63) is 23.8 Å². The Balaban J connectivity index is 1.48. The second-order valence-corrected chi connectivity index (χ2v) is 7.42. The van der Waals surface area contributed by atoms with Crippen LogP contribution >= 0.6 is 0 Å². The van der Waals surface area contributed by atoms with Crippen molar-refractivity contribution in [2.75, 3.05) is 27.3 Å². The van der Waals surface area contributed by atoms with Crippen LogP contribution in [-0.4, -0.2) is 49.2 Å². The highest BCUT2D eigenvalue weighted by Crippen LogP contribution is 2.33. The Bertz CT molecular complexity index is 638. The van der Waals surface area contributed by atoms with Crippen LogP contribution in [0.5, 0.6) is 11.5 Å². The van der Waals surface area contributed by atoms with Gasteiger partial charge in [0.1, 0.15) is 11.5 Å². The number of rotatable bonds is 6. The summed E-state index contributed by atoms with van der Waals surface area (Å²) in [5.74, 6) is 1.21. The van der Waals surface area contributed by atoms with Gasteiger partial charge in [0.15, 0.2) is 0 Å². The maximum Gasteiger partial charge on any atom is 0.306 e. The molecule has 6 heteroatoms. The van der Waals surface area contributed by atoms with E-state index in [1.807, 2.05) is 23.1 Å². The van der Waals surface area contributed by atoms with Gasteiger partial charge in [0, 0.05) is 25.1 Å². The molecule has 1 saturated carbocycles. The number of nitrogens with zero attached hydrogens (tertiary/aromatic N) is 1. The summed E-state index contributed by atoms with van der Waals surface area (Å²) in [4.78, 5) is 25.5. The van der Waals surface area contributed by atoms with Gasteiger partial charge in [-0.05, 0) is 55.7 Å². The van der Waals surface area contributed by atoms with Crippen LogP contribution in [0.15, 0.2) is 18.2 Å². The van der Waals surface area contributed by atoms with Crippen LogP contribution in [0.1, 0.15) is 31.2 Å². The van der Waals surface area contributed by atoms with Gasteiger partial charge in [-0.1, -0.05) is 0 Å².